The highest BCUT2D eigenvalue weighted by molar-refractivity contribution is 5.82. The molecule has 3 heteroatoms. The van der Waals surface area contributed by atoms with E-state index in [1.54, 1.807) is 18.3 Å². The van der Waals surface area contributed by atoms with Crippen LogP contribution in [-0.4, -0.2) is 11.3 Å². The quantitative estimate of drug-likeness (QED) is 0.675. The molecule has 0 unspecified atom stereocenters. The lowest BCUT2D eigenvalue weighted by Crippen LogP contribution is -1.96. The third-order valence-corrected chi connectivity index (χ3v) is 3.33. The van der Waals surface area contributed by atoms with Crippen molar-refractivity contribution in [2.75, 3.05) is 0 Å². The number of benzene rings is 2. The van der Waals surface area contributed by atoms with Crippen LogP contribution in [0.2, 0.25) is 0 Å². The average Bonchev–Trinajstić information content (AvgIpc) is 2.49. The number of pyridine rings is 1. The fraction of sp³-hybridized carbons (Fsp3) is 0.0588. The van der Waals surface area contributed by atoms with Crippen molar-refractivity contribution in [2.24, 2.45) is 0 Å². The van der Waals surface area contributed by atoms with Gasteiger partial charge in [0, 0.05) is 23.6 Å². The number of para-hydroxylation sites is 1. The van der Waals surface area contributed by atoms with E-state index in [-0.39, 0.29) is 5.82 Å². The van der Waals surface area contributed by atoms with Crippen molar-refractivity contribution in [1.82, 2.24) is 4.98 Å². The van der Waals surface area contributed by atoms with E-state index in [9.17, 15) is 9.18 Å². The molecule has 0 aliphatic rings. The van der Waals surface area contributed by atoms with E-state index in [0.717, 1.165) is 16.5 Å². The molecule has 1 aromatic heterocycles. The maximum absolute atomic E-state index is 13.9. The molecule has 0 spiro atoms. The van der Waals surface area contributed by atoms with Crippen molar-refractivity contribution in [1.29, 1.82) is 0 Å². The Hall–Kier alpha value is -2.55. The first-order valence-corrected chi connectivity index (χ1v) is 6.34. The van der Waals surface area contributed by atoms with Crippen LogP contribution in [0.5, 0.6) is 0 Å². The minimum absolute atomic E-state index is 0.351. The standard InChI is InChI=1S/C17H12FNO/c18-16-9-12(11-20)5-6-14(16)10-13-7-8-19-17-4-2-1-3-15(13)17/h1-9,11H,10H2. The fourth-order valence-electron chi connectivity index (χ4n) is 2.29. The second kappa shape index (κ2) is 5.21. The predicted octanol–water partition coefficient (Wildman–Crippen LogP) is 3.78. The number of hydrogen-bond donors (Lipinski definition) is 0. The molecule has 3 rings (SSSR count). The summed E-state index contributed by atoms with van der Waals surface area (Å²) < 4.78 is 13.9. The van der Waals surface area contributed by atoms with Gasteiger partial charge in [0.1, 0.15) is 12.1 Å². The van der Waals surface area contributed by atoms with Crippen molar-refractivity contribution >= 4 is 17.2 Å². The first-order valence-electron chi connectivity index (χ1n) is 6.34. The summed E-state index contributed by atoms with van der Waals surface area (Å²) in [5.74, 6) is -0.351. The molecule has 1 heterocycles. The number of rotatable bonds is 3. The Balaban J connectivity index is 2.03. The van der Waals surface area contributed by atoms with Gasteiger partial charge < -0.3 is 0 Å². The molecule has 0 bridgehead atoms. The summed E-state index contributed by atoms with van der Waals surface area (Å²) in [5.41, 5.74) is 2.85. The summed E-state index contributed by atoms with van der Waals surface area (Å²) in [6.07, 6.45) is 2.86. The van der Waals surface area contributed by atoms with Gasteiger partial charge in [-0.1, -0.05) is 30.3 Å². The molecular weight excluding hydrogens is 253 g/mol. The SMILES string of the molecule is O=Cc1ccc(Cc2ccnc3ccccc23)c(F)c1. The molecule has 2 nitrogen and oxygen atoms in total. The third kappa shape index (κ3) is 2.30. The van der Waals surface area contributed by atoms with Crippen molar-refractivity contribution in [2.45, 2.75) is 6.42 Å². The van der Waals surface area contributed by atoms with E-state index in [4.69, 9.17) is 0 Å². The van der Waals surface area contributed by atoms with Gasteiger partial charge in [0.2, 0.25) is 0 Å². The van der Waals surface area contributed by atoms with Gasteiger partial charge in [-0.05, 0) is 29.3 Å². The van der Waals surface area contributed by atoms with Crippen LogP contribution in [0.15, 0.2) is 54.7 Å². The van der Waals surface area contributed by atoms with Crippen LogP contribution in [-0.2, 0) is 6.42 Å². The molecular formula is C17H12FNO. The van der Waals surface area contributed by atoms with Gasteiger partial charge in [-0.25, -0.2) is 4.39 Å². The molecule has 20 heavy (non-hydrogen) atoms. The van der Waals surface area contributed by atoms with Crippen LogP contribution in [0, 0.1) is 5.82 Å². The van der Waals surface area contributed by atoms with Crippen LogP contribution >= 0.6 is 0 Å². The van der Waals surface area contributed by atoms with E-state index >= 15 is 0 Å². The first kappa shape index (κ1) is 12.5. The van der Waals surface area contributed by atoms with E-state index in [1.165, 1.54) is 6.07 Å². The van der Waals surface area contributed by atoms with Gasteiger partial charge in [-0.3, -0.25) is 9.78 Å². The Morgan fingerprint density at radius 1 is 1.05 bits per heavy atom. The second-order valence-corrected chi connectivity index (χ2v) is 4.63. The van der Waals surface area contributed by atoms with E-state index in [2.05, 4.69) is 4.98 Å². The van der Waals surface area contributed by atoms with Crippen LogP contribution in [0.3, 0.4) is 0 Å². The van der Waals surface area contributed by atoms with Crippen molar-refractivity contribution in [3.8, 4) is 0 Å². The zero-order valence-electron chi connectivity index (χ0n) is 10.7. The van der Waals surface area contributed by atoms with Gasteiger partial charge in [0.05, 0.1) is 5.52 Å². The summed E-state index contributed by atoms with van der Waals surface area (Å²) in [6.45, 7) is 0. The van der Waals surface area contributed by atoms with Crippen molar-refractivity contribution in [3.63, 3.8) is 0 Å². The van der Waals surface area contributed by atoms with E-state index < -0.39 is 0 Å². The maximum Gasteiger partial charge on any atom is 0.150 e. The molecule has 0 aliphatic carbocycles. The van der Waals surface area contributed by atoms with Gasteiger partial charge in [0.25, 0.3) is 0 Å². The van der Waals surface area contributed by atoms with Crippen LogP contribution in [0.25, 0.3) is 10.9 Å². The van der Waals surface area contributed by atoms with Crippen molar-refractivity contribution in [3.05, 3.63) is 77.2 Å². The number of aromatic nitrogens is 1. The normalized spacial score (nSPS) is 10.7. The zero-order chi connectivity index (χ0) is 13.9. The Bertz CT molecular complexity index is 778. The Morgan fingerprint density at radius 3 is 2.70 bits per heavy atom. The fourth-order valence-corrected chi connectivity index (χ4v) is 2.29. The number of carbonyl (C=O) groups is 1. The lowest BCUT2D eigenvalue weighted by molar-refractivity contribution is 0.112. The Morgan fingerprint density at radius 2 is 1.90 bits per heavy atom. The molecule has 0 amide bonds. The highest BCUT2D eigenvalue weighted by Crippen LogP contribution is 2.21. The molecule has 0 saturated carbocycles. The zero-order valence-corrected chi connectivity index (χ0v) is 10.7. The number of fused-ring (bicyclic) bond motifs is 1. The topological polar surface area (TPSA) is 30.0 Å². The molecule has 0 saturated heterocycles. The number of aldehydes is 1. The highest BCUT2D eigenvalue weighted by Gasteiger charge is 2.07. The monoisotopic (exact) mass is 265 g/mol. The number of hydrogen-bond acceptors (Lipinski definition) is 2. The Kier molecular flexibility index (Phi) is 3.25. The maximum atomic E-state index is 13.9. The lowest BCUT2D eigenvalue weighted by Gasteiger charge is -2.07. The molecule has 3 aromatic rings. The predicted molar refractivity (Wildman–Crippen MR) is 76.3 cm³/mol. The number of halogens is 1. The van der Waals surface area contributed by atoms with Crippen LogP contribution in [0.4, 0.5) is 4.39 Å². The van der Waals surface area contributed by atoms with Gasteiger partial charge in [0.15, 0.2) is 0 Å². The molecule has 2 aromatic carbocycles. The summed E-state index contributed by atoms with van der Waals surface area (Å²) in [6, 6.07) is 14.3. The molecule has 0 fully saturated rings. The van der Waals surface area contributed by atoms with E-state index in [0.29, 0.717) is 23.8 Å². The van der Waals surface area contributed by atoms with Gasteiger partial charge in [-0.2, -0.15) is 0 Å². The Labute approximate surface area is 115 Å². The van der Waals surface area contributed by atoms with E-state index in [1.807, 2.05) is 30.3 Å². The summed E-state index contributed by atoms with van der Waals surface area (Å²) >= 11 is 0. The van der Waals surface area contributed by atoms with Crippen LogP contribution in [0.1, 0.15) is 21.5 Å². The summed E-state index contributed by atoms with van der Waals surface area (Å²) in [5, 5.41) is 1.02. The molecule has 0 radical (unpaired) electrons. The van der Waals surface area contributed by atoms with Gasteiger partial charge >= 0.3 is 0 Å². The summed E-state index contributed by atoms with van der Waals surface area (Å²) in [4.78, 5) is 14.9. The first-order chi connectivity index (χ1) is 9.78. The minimum Gasteiger partial charge on any atom is -0.298 e. The largest absolute Gasteiger partial charge is 0.298 e. The number of carbonyl (C=O) groups excluding carboxylic acids is 1. The molecule has 0 N–H and O–H groups in total. The average molecular weight is 265 g/mol. The molecule has 0 atom stereocenters. The lowest BCUT2D eigenvalue weighted by atomic mass is 10.00. The minimum atomic E-state index is -0.351. The molecule has 98 valence electrons. The second-order valence-electron chi connectivity index (χ2n) is 4.63. The number of nitrogens with zero attached hydrogens (tertiary/aromatic N) is 1. The van der Waals surface area contributed by atoms with Crippen LogP contribution < -0.4 is 0 Å². The third-order valence-electron chi connectivity index (χ3n) is 3.33. The van der Waals surface area contributed by atoms with Gasteiger partial charge in [-0.15, -0.1) is 0 Å². The van der Waals surface area contributed by atoms with Crippen molar-refractivity contribution < 1.29 is 9.18 Å². The molecule has 0 aliphatic heterocycles. The summed E-state index contributed by atoms with van der Waals surface area (Å²) in [7, 11) is 0. The highest BCUT2D eigenvalue weighted by atomic mass is 19.1. The smallest absolute Gasteiger partial charge is 0.150 e.